The van der Waals surface area contributed by atoms with Crippen molar-refractivity contribution in [1.82, 2.24) is 0 Å². The van der Waals surface area contributed by atoms with E-state index in [1.165, 1.54) is 71.6 Å². The normalized spacial score (nSPS) is 12.7. The van der Waals surface area contributed by atoms with Gasteiger partial charge in [0, 0.05) is 27.7 Å². The number of fused-ring (bicyclic) bond motifs is 8. The van der Waals surface area contributed by atoms with E-state index in [9.17, 15) is 0 Å². The van der Waals surface area contributed by atoms with Gasteiger partial charge in [0.2, 0.25) is 0 Å². The van der Waals surface area contributed by atoms with Crippen molar-refractivity contribution in [3.8, 4) is 33.4 Å². The van der Waals surface area contributed by atoms with Gasteiger partial charge in [-0.15, -0.1) is 0 Å². The van der Waals surface area contributed by atoms with Crippen molar-refractivity contribution in [2.24, 2.45) is 0 Å². The highest BCUT2D eigenvalue weighted by Crippen LogP contribution is 2.59. The van der Waals surface area contributed by atoms with Crippen LogP contribution in [0.15, 0.2) is 253 Å². The maximum Gasteiger partial charge on any atom is 0.135 e. The van der Waals surface area contributed by atoms with Crippen molar-refractivity contribution in [3.63, 3.8) is 0 Å². The van der Waals surface area contributed by atoms with Gasteiger partial charge < -0.3 is 9.32 Å². The number of para-hydroxylation sites is 1. The predicted molar refractivity (Wildman–Crippen MR) is 272 cm³/mol. The van der Waals surface area contributed by atoms with Crippen LogP contribution in [-0.4, -0.2) is 0 Å². The minimum atomic E-state index is -0.521. The number of hydrogen-bond donors (Lipinski definition) is 0. The molecule has 0 amide bonds. The fourth-order valence-electron chi connectivity index (χ4n) is 10.8. The Bertz CT molecular complexity index is 3730. The van der Waals surface area contributed by atoms with Gasteiger partial charge in [0.1, 0.15) is 11.2 Å². The first-order valence-electron chi connectivity index (χ1n) is 22.4. The summed E-state index contributed by atoms with van der Waals surface area (Å²) in [5.74, 6) is 0. The highest BCUT2D eigenvalue weighted by molar-refractivity contribution is 6.07. The standard InChI is InChI=1S/C63H41NO/c1-3-18-48(19-4-1)63(49-20-5-2-6-21-49)57-25-11-9-23-54(57)62-58(63)26-14-27-59(62)64(51-37-38-61-56(41-51)53-22-10-12-28-60(53)65-61)50-35-33-43(34-36-50)46-31-30-44-17-13-24-52(55(44)40-46)47-32-29-42-15-7-8-16-45(42)39-47/h1-41H. The number of nitrogens with zero attached hydrogens (tertiary/aromatic N) is 1. The molecule has 2 nitrogen and oxygen atoms in total. The second kappa shape index (κ2) is 14.8. The van der Waals surface area contributed by atoms with E-state index in [2.05, 4.69) is 248 Å². The van der Waals surface area contributed by atoms with Gasteiger partial charge in [-0.1, -0.05) is 194 Å². The second-order valence-electron chi connectivity index (χ2n) is 17.2. The van der Waals surface area contributed by atoms with Crippen molar-refractivity contribution in [2.75, 3.05) is 4.90 Å². The minimum absolute atomic E-state index is 0.521. The van der Waals surface area contributed by atoms with E-state index in [1.54, 1.807) is 0 Å². The Labute approximate surface area is 377 Å². The molecule has 1 aromatic heterocycles. The SMILES string of the molecule is c1ccc(C2(c3ccccc3)c3ccccc3-c3c(N(c4ccc(-c5ccc6cccc(-c7ccc8ccccc8c7)c6c5)cc4)c4ccc5oc6ccccc6c5c4)cccc32)cc1. The predicted octanol–water partition coefficient (Wildman–Crippen LogP) is 17.1. The fraction of sp³-hybridized carbons (Fsp3) is 0.0159. The zero-order valence-corrected chi connectivity index (χ0v) is 35.5. The van der Waals surface area contributed by atoms with Crippen molar-refractivity contribution in [2.45, 2.75) is 5.41 Å². The lowest BCUT2D eigenvalue weighted by atomic mass is 9.68. The van der Waals surface area contributed by atoms with Crippen LogP contribution in [0.2, 0.25) is 0 Å². The van der Waals surface area contributed by atoms with E-state index in [0.29, 0.717) is 0 Å². The first-order chi connectivity index (χ1) is 32.2. The second-order valence-corrected chi connectivity index (χ2v) is 17.2. The molecule has 0 unspecified atom stereocenters. The molecule has 0 fully saturated rings. The maximum absolute atomic E-state index is 6.38. The summed E-state index contributed by atoms with van der Waals surface area (Å²) in [6.45, 7) is 0. The van der Waals surface area contributed by atoms with Gasteiger partial charge in [-0.25, -0.2) is 0 Å². The van der Waals surface area contributed by atoms with Gasteiger partial charge in [0.25, 0.3) is 0 Å². The fourth-order valence-corrected chi connectivity index (χ4v) is 10.8. The average molecular weight is 828 g/mol. The Hall–Kier alpha value is -8.46. The Balaban J connectivity index is 1.00. The lowest BCUT2D eigenvalue weighted by Gasteiger charge is -2.34. The summed E-state index contributed by atoms with van der Waals surface area (Å²) < 4.78 is 6.38. The van der Waals surface area contributed by atoms with E-state index >= 15 is 0 Å². The van der Waals surface area contributed by atoms with Gasteiger partial charge in [0.05, 0.1) is 11.1 Å². The zero-order chi connectivity index (χ0) is 42.9. The third-order valence-electron chi connectivity index (χ3n) is 13.7. The van der Waals surface area contributed by atoms with Gasteiger partial charge in [-0.3, -0.25) is 0 Å². The molecule has 0 aliphatic heterocycles. The van der Waals surface area contributed by atoms with Crippen LogP contribution >= 0.6 is 0 Å². The van der Waals surface area contributed by atoms with Gasteiger partial charge in [0.15, 0.2) is 0 Å². The highest BCUT2D eigenvalue weighted by atomic mass is 16.3. The van der Waals surface area contributed by atoms with Gasteiger partial charge in [-0.2, -0.15) is 0 Å². The Morgan fingerprint density at radius 3 is 1.75 bits per heavy atom. The highest BCUT2D eigenvalue weighted by Gasteiger charge is 2.47. The Kier molecular flexibility index (Phi) is 8.47. The molecule has 2 heteroatoms. The molecule has 13 rings (SSSR count). The maximum atomic E-state index is 6.38. The summed E-state index contributed by atoms with van der Waals surface area (Å²) in [5.41, 5.74) is 16.8. The molecular weight excluding hydrogens is 787 g/mol. The third kappa shape index (κ3) is 5.81. The van der Waals surface area contributed by atoms with Crippen LogP contribution in [-0.2, 0) is 5.41 Å². The van der Waals surface area contributed by atoms with E-state index < -0.39 is 5.41 Å². The lowest BCUT2D eigenvalue weighted by molar-refractivity contribution is 0.669. The van der Waals surface area contributed by atoms with E-state index in [-0.39, 0.29) is 0 Å². The number of furan rings is 1. The summed E-state index contributed by atoms with van der Waals surface area (Å²) in [6.07, 6.45) is 0. The quantitative estimate of drug-likeness (QED) is 0.159. The Morgan fingerprint density at radius 2 is 0.923 bits per heavy atom. The van der Waals surface area contributed by atoms with Crippen LogP contribution in [0.1, 0.15) is 22.3 Å². The summed E-state index contributed by atoms with van der Waals surface area (Å²) in [5, 5.41) is 7.16. The molecule has 0 spiro atoms. The monoisotopic (exact) mass is 827 g/mol. The smallest absolute Gasteiger partial charge is 0.135 e. The first-order valence-corrected chi connectivity index (χ1v) is 22.4. The van der Waals surface area contributed by atoms with Crippen molar-refractivity contribution in [3.05, 3.63) is 271 Å². The van der Waals surface area contributed by atoms with E-state index in [0.717, 1.165) is 44.6 Å². The molecule has 0 bridgehead atoms. The summed E-state index contributed by atoms with van der Waals surface area (Å²) in [4.78, 5) is 2.45. The van der Waals surface area contributed by atoms with Crippen LogP contribution in [0, 0.1) is 0 Å². The molecule has 1 aliphatic rings. The third-order valence-corrected chi connectivity index (χ3v) is 13.7. The van der Waals surface area contributed by atoms with Crippen LogP contribution in [0.25, 0.3) is 76.9 Å². The molecule has 0 N–H and O–H groups in total. The largest absolute Gasteiger partial charge is 0.456 e. The summed E-state index contributed by atoms with van der Waals surface area (Å²) >= 11 is 0. The Morgan fingerprint density at radius 1 is 0.323 bits per heavy atom. The lowest BCUT2D eigenvalue weighted by Crippen LogP contribution is -2.28. The molecule has 0 radical (unpaired) electrons. The van der Waals surface area contributed by atoms with Crippen molar-refractivity contribution < 1.29 is 4.42 Å². The van der Waals surface area contributed by atoms with Crippen molar-refractivity contribution in [1.29, 1.82) is 0 Å². The molecule has 1 aliphatic carbocycles. The van der Waals surface area contributed by atoms with Crippen LogP contribution in [0.4, 0.5) is 17.1 Å². The molecule has 0 saturated carbocycles. The molecule has 1 heterocycles. The van der Waals surface area contributed by atoms with Crippen LogP contribution in [0.3, 0.4) is 0 Å². The van der Waals surface area contributed by atoms with Gasteiger partial charge >= 0.3 is 0 Å². The molecule has 0 atom stereocenters. The number of benzene rings is 11. The topological polar surface area (TPSA) is 16.4 Å². The summed E-state index contributed by atoms with van der Waals surface area (Å²) in [7, 11) is 0. The molecule has 12 aromatic rings. The first kappa shape index (κ1) is 37.1. The van der Waals surface area contributed by atoms with Gasteiger partial charge in [-0.05, 0) is 126 Å². The number of hydrogen-bond acceptors (Lipinski definition) is 2. The molecule has 0 saturated heterocycles. The summed E-state index contributed by atoms with van der Waals surface area (Å²) in [6, 6.07) is 91.0. The zero-order valence-electron chi connectivity index (χ0n) is 35.5. The van der Waals surface area contributed by atoms with E-state index in [1.807, 2.05) is 6.07 Å². The molecule has 304 valence electrons. The van der Waals surface area contributed by atoms with E-state index in [4.69, 9.17) is 4.42 Å². The molecule has 11 aromatic carbocycles. The van der Waals surface area contributed by atoms with Crippen LogP contribution in [0.5, 0.6) is 0 Å². The number of anilines is 3. The molecular formula is C63H41NO. The molecule has 65 heavy (non-hydrogen) atoms. The minimum Gasteiger partial charge on any atom is -0.456 e. The van der Waals surface area contributed by atoms with Crippen LogP contribution < -0.4 is 4.90 Å². The average Bonchev–Trinajstić information content (AvgIpc) is 3.91. The number of rotatable bonds is 7. The van der Waals surface area contributed by atoms with Crippen molar-refractivity contribution >= 4 is 60.5 Å².